The van der Waals surface area contributed by atoms with E-state index in [9.17, 15) is 4.79 Å². The van der Waals surface area contributed by atoms with Crippen LogP contribution in [-0.4, -0.2) is 4.98 Å². The van der Waals surface area contributed by atoms with Gasteiger partial charge in [-0.3, -0.25) is 4.79 Å². The van der Waals surface area contributed by atoms with Crippen LogP contribution in [0.1, 0.15) is 52.1 Å². The van der Waals surface area contributed by atoms with Crippen LogP contribution in [0.4, 0.5) is 0 Å². The van der Waals surface area contributed by atoms with Crippen molar-refractivity contribution in [2.75, 3.05) is 0 Å². The maximum absolute atomic E-state index is 11.9. The molecule has 1 aromatic heterocycles. The Bertz CT molecular complexity index is 556. The molecule has 1 N–H and O–H groups in total. The molecule has 0 spiro atoms. The number of fused-ring (bicyclic) bond motifs is 1. The van der Waals surface area contributed by atoms with Crippen LogP contribution in [-0.2, 0) is 6.42 Å². The van der Waals surface area contributed by atoms with Gasteiger partial charge in [-0.15, -0.1) is 0 Å². The molecule has 0 aliphatic rings. The Kier molecular flexibility index (Phi) is 6.34. The molecule has 19 heavy (non-hydrogen) atoms. The lowest BCUT2D eigenvalue weighted by atomic mass is 10.1. The Balaban J connectivity index is 0.00000180. The largest absolute Gasteiger partial charge is 0.358 e. The molecule has 0 saturated carbocycles. The van der Waals surface area contributed by atoms with E-state index in [2.05, 4.69) is 11.9 Å². The number of rotatable bonds is 6. The Morgan fingerprint density at radius 1 is 1.05 bits per heavy atom. The molecular formula is C17H25NO. The Labute approximate surface area is 115 Å². The standard InChI is InChI=1S/C16H21NO.CH4/c1-2-3-4-5-6-9-13-12-16(18)14-10-7-8-11-15(14)17-13;/h7-8,10-12H,2-6,9H2,1H3,(H,17,18);1H4. The monoisotopic (exact) mass is 259 g/mol. The van der Waals surface area contributed by atoms with Gasteiger partial charge >= 0.3 is 0 Å². The van der Waals surface area contributed by atoms with E-state index in [1.165, 1.54) is 25.7 Å². The number of H-pyrrole nitrogens is 1. The van der Waals surface area contributed by atoms with Gasteiger partial charge < -0.3 is 4.98 Å². The zero-order valence-electron chi connectivity index (χ0n) is 11.0. The van der Waals surface area contributed by atoms with E-state index in [4.69, 9.17) is 0 Å². The fourth-order valence-corrected chi connectivity index (χ4v) is 2.31. The third-order valence-electron chi connectivity index (χ3n) is 3.34. The molecule has 1 heterocycles. The minimum absolute atomic E-state index is 0. The van der Waals surface area contributed by atoms with Crippen molar-refractivity contribution in [2.24, 2.45) is 0 Å². The highest BCUT2D eigenvalue weighted by molar-refractivity contribution is 5.78. The lowest BCUT2D eigenvalue weighted by molar-refractivity contribution is 0.628. The molecule has 2 aromatic rings. The van der Waals surface area contributed by atoms with Crippen LogP contribution in [0.5, 0.6) is 0 Å². The fraction of sp³-hybridized carbons (Fsp3) is 0.471. The maximum atomic E-state index is 11.9. The summed E-state index contributed by atoms with van der Waals surface area (Å²) in [5.74, 6) is 0. The molecule has 2 rings (SSSR count). The molecular weight excluding hydrogens is 234 g/mol. The number of aryl methyl sites for hydroxylation is 1. The third-order valence-corrected chi connectivity index (χ3v) is 3.34. The van der Waals surface area contributed by atoms with Crippen molar-refractivity contribution in [3.8, 4) is 0 Å². The predicted molar refractivity (Wildman–Crippen MR) is 83.8 cm³/mol. The molecule has 0 fully saturated rings. The summed E-state index contributed by atoms with van der Waals surface area (Å²) >= 11 is 0. The maximum Gasteiger partial charge on any atom is 0.189 e. The van der Waals surface area contributed by atoms with E-state index in [0.29, 0.717) is 0 Å². The topological polar surface area (TPSA) is 32.9 Å². The lowest BCUT2D eigenvalue weighted by Gasteiger charge is -2.04. The van der Waals surface area contributed by atoms with Crippen LogP contribution in [0.25, 0.3) is 10.9 Å². The van der Waals surface area contributed by atoms with E-state index in [1.807, 2.05) is 24.3 Å². The number of nitrogens with one attached hydrogen (secondary N) is 1. The smallest absolute Gasteiger partial charge is 0.189 e. The quantitative estimate of drug-likeness (QED) is 0.751. The summed E-state index contributed by atoms with van der Waals surface area (Å²) in [4.78, 5) is 15.3. The molecule has 104 valence electrons. The second-order valence-corrected chi connectivity index (χ2v) is 4.87. The highest BCUT2D eigenvalue weighted by atomic mass is 16.1. The van der Waals surface area contributed by atoms with E-state index < -0.39 is 0 Å². The summed E-state index contributed by atoms with van der Waals surface area (Å²) in [5, 5.41) is 0.784. The van der Waals surface area contributed by atoms with Gasteiger partial charge in [0.1, 0.15) is 0 Å². The Morgan fingerprint density at radius 2 is 1.79 bits per heavy atom. The van der Waals surface area contributed by atoms with Gasteiger partial charge in [-0.25, -0.2) is 0 Å². The molecule has 0 aliphatic carbocycles. The van der Waals surface area contributed by atoms with Crippen molar-refractivity contribution >= 4 is 10.9 Å². The van der Waals surface area contributed by atoms with Crippen molar-refractivity contribution in [3.05, 3.63) is 46.2 Å². The Morgan fingerprint density at radius 3 is 2.58 bits per heavy atom. The average Bonchev–Trinajstić information content (AvgIpc) is 2.39. The molecule has 0 radical (unpaired) electrons. The lowest BCUT2D eigenvalue weighted by Crippen LogP contribution is -2.05. The van der Waals surface area contributed by atoms with Crippen LogP contribution in [0.15, 0.2) is 35.1 Å². The minimum atomic E-state index is 0. The van der Waals surface area contributed by atoms with E-state index in [1.54, 1.807) is 6.07 Å². The summed E-state index contributed by atoms with van der Waals surface area (Å²) in [6.07, 6.45) is 7.27. The van der Waals surface area contributed by atoms with Gasteiger partial charge in [-0.1, -0.05) is 52.2 Å². The Hall–Kier alpha value is -1.57. The van der Waals surface area contributed by atoms with Crippen LogP contribution in [0, 0.1) is 0 Å². The summed E-state index contributed by atoms with van der Waals surface area (Å²) < 4.78 is 0. The van der Waals surface area contributed by atoms with Crippen molar-refractivity contribution < 1.29 is 0 Å². The van der Waals surface area contributed by atoms with Crippen molar-refractivity contribution in [2.45, 2.75) is 52.9 Å². The highest BCUT2D eigenvalue weighted by Crippen LogP contribution is 2.10. The van der Waals surface area contributed by atoms with Crippen LogP contribution < -0.4 is 5.43 Å². The first-order chi connectivity index (χ1) is 8.81. The predicted octanol–water partition coefficient (Wildman–Crippen LogP) is 4.68. The summed E-state index contributed by atoms with van der Waals surface area (Å²) in [6, 6.07) is 9.46. The second-order valence-electron chi connectivity index (χ2n) is 4.87. The van der Waals surface area contributed by atoms with Gasteiger partial charge in [-0.05, 0) is 25.0 Å². The minimum Gasteiger partial charge on any atom is -0.358 e. The zero-order chi connectivity index (χ0) is 12.8. The van der Waals surface area contributed by atoms with Crippen molar-refractivity contribution in [1.29, 1.82) is 0 Å². The molecule has 0 bridgehead atoms. The SMILES string of the molecule is C.CCCCCCCc1cc(=O)c2ccccc2[nH]1. The molecule has 0 unspecified atom stereocenters. The molecule has 0 saturated heterocycles. The first-order valence-corrected chi connectivity index (χ1v) is 6.92. The van der Waals surface area contributed by atoms with E-state index >= 15 is 0 Å². The summed E-state index contributed by atoms with van der Waals surface area (Å²) in [5.41, 5.74) is 2.15. The van der Waals surface area contributed by atoms with Gasteiger partial charge in [0.2, 0.25) is 0 Å². The zero-order valence-corrected chi connectivity index (χ0v) is 11.0. The van der Waals surface area contributed by atoms with Crippen LogP contribution in [0.2, 0.25) is 0 Å². The number of aromatic nitrogens is 1. The van der Waals surface area contributed by atoms with Gasteiger partial charge in [0.15, 0.2) is 5.43 Å². The first kappa shape index (κ1) is 15.5. The highest BCUT2D eigenvalue weighted by Gasteiger charge is 2.01. The van der Waals surface area contributed by atoms with Gasteiger partial charge in [0.25, 0.3) is 0 Å². The van der Waals surface area contributed by atoms with Gasteiger partial charge in [-0.2, -0.15) is 0 Å². The normalized spacial score (nSPS) is 10.4. The van der Waals surface area contributed by atoms with E-state index in [0.717, 1.165) is 29.4 Å². The number of para-hydroxylation sites is 1. The third kappa shape index (κ3) is 4.23. The second kappa shape index (κ2) is 7.78. The van der Waals surface area contributed by atoms with Crippen molar-refractivity contribution in [3.63, 3.8) is 0 Å². The molecule has 2 heteroatoms. The van der Waals surface area contributed by atoms with Crippen LogP contribution >= 0.6 is 0 Å². The number of benzene rings is 1. The fourth-order valence-electron chi connectivity index (χ4n) is 2.31. The summed E-state index contributed by atoms with van der Waals surface area (Å²) in [7, 11) is 0. The summed E-state index contributed by atoms with van der Waals surface area (Å²) in [6.45, 7) is 2.22. The molecule has 0 amide bonds. The van der Waals surface area contributed by atoms with Crippen LogP contribution in [0.3, 0.4) is 0 Å². The molecule has 0 aliphatic heterocycles. The first-order valence-electron chi connectivity index (χ1n) is 6.92. The van der Waals surface area contributed by atoms with Crippen molar-refractivity contribution in [1.82, 2.24) is 4.98 Å². The number of hydrogen-bond acceptors (Lipinski definition) is 1. The number of unbranched alkanes of at least 4 members (excludes halogenated alkanes) is 4. The van der Waals surface area contributed by atoms with Gasteiger partial charge in [0.05, 0.1) is 0 Å². The number of hydrogen-bond donors (Lipinski definition) is 1. The van der Waals surface area contributed by atoms with Gasteiger partial charge in [0, 0.05) is 22.7 Å². The average molecular weight is 259 g/mol. The molecule has 1 aromatic carbocycles. The van der Waals surface area contributed by atoms with E-state index in [-0.39, 0.29) is 12.9 Å². The number of pyridine rings is 1. The molecule has 0 atom stereocenters. The number of aromatic amines is 1. The molecule has 2 nitrogen and oxygen atoms in total.